The molecule has 1 amide bonds. The molecule has 13 heavy (non-hydrogen) atoms. The first-order chi connectivity index (χ1) is 6.31. The topological polar surface area (TPSA) is 29.1 Å². The number of rotatable bonds is 8. The third-order valence-corrected chi connectivity index (χ3v) is 2.63. The minimum Gasteiger partial charge on any atom is -0.359 e. The summed E-state index contributed by atoms with van der Waals surface area (Å²) in [5, 5.41) is 3.75. The first-order valence-corrected chi connectivity index (χ1v) is 6.20. The molecule has 0 radical (unpaired) electrons. The summed E-state index contributed by atoms with van der Waals surface area (Å²) in [5.41, 5.74) is 0. The van der Waals surface area contributed by atoms with E-state index in [1.54, 1.807) is 7.05 Å². The summed E-state index contributed by atoms with van der Waals surface area (Å²) in [5.74, 6) is 0.167. The van der Waals surface area contributed by atoms with E-state index in [1.807, 2.05) is 0 Å². The predicted molar refractivity (Wildman–Crippen MR) is 60.2 cm³/mol. The molecule has 0 unspecified atom stereocenters. The molecule has 1 N–H and O–H groups in total. The molecule has 0 heterocycles. The van der Waals surface area contributed by atoms with Gasteiger partial charge in [0.05, 0.1) is 0 Å². The summed E-state index contributed by atoms with van der Waals surface area (Å²) >= 11 is 3.41. The molecule has 0 aliphatic rings. The number of alkyl halides is 1. The van der Waals surface area contributed by atoms with Crippen molar-refractivity contribution in [2.45, 2.75) is 44.9 Å². The van der Waals surface area contributed by atoms with Crippen LogP contribution in [0.5, 0.6) is 0 Å². The van der Waals surface area contributed by atoms with E-state index in [9.17, 15) is 4.79 Å². The number of hydrogen-bond acceptors (Lipinski definition) is 1. The van der Waals surface area contributed by atoms with Gasteiger partial charge in [-0.05, 0) is 12.8 Å². The number of carbonyl (C=O) groups is 1. The highest BCUT2D eigenvalue weighted by Gasteiger charge is 1.96. The lowest BCUT2D eigenvalue weighted by Crippen LogP contribution is -2.16. The third kappa shape index (κ3) is 9.87. The van der Waals surface area contributed by atoms with Gasteiger partial charge in [-0.3, -0.25) is 4.79 Å². The number of carbonyl (C=O) groups excluding carboxylic acids is 1. The SMILES string of the molecule is CNC(=O)CCCCCCCCBr. The van der Waals surface area contributed by atoms with Crippen LogP contribution in [0.25, 0.3) is 0 Å². The normalized spacial score (nSPS) is 10.0. The summed E-state index contributed by atoms with van der Waals surface area (Å²) in [6, 6.07) is 0. The highest BCUT2D eigenvalue weighted by molar-refractivity contribution is 9.09. The maximum absolute atomic E-state index is 10.8. The molecule has 0 atom stereocenters. The van der Waals surface area contributed by atoms with Gasteiger partial charge in [0, 0.05) is 18.8 Å². The first-order valence-electron chi connectivity index (χ1n) is 5.07. The van der Waals surface area contributed by atoms with Gasteiger partial charge in [-0.1, -0.05) is 41.6 Å². The van der Waals surface area contributed by atoms with E-state index in [0.717, 1.165) is 11.8 Å². The maximum atomic E-state index is 10.8. The molecule has 78 valence electrons. The van der Waals surface area contributed by atoms with Gasteiger partial charge in [0.25, 0.3) is 0 Å². The molecule has 2 nitrogen and oxygen atoms in total. The summed E-state index contributed by atoms with van der Waals surface area (Å²) in [6.45, 7) is 0. The fourth-order valence-corrected chi connectivity index (χ4v) is 1.61. The molecule has 0 aromatic heterocycles. The quantitative estimate of drug-likeness (QED) is 0.521. The zero-order chi connectivity index (χ0) is 9.94. The van der Waals surface area contributed by atoms with Crippen molar-refractivity contribution in [2.75, 3.05) is 12.4 Å². The van der Waals surface area contributed by atoms with Crippen LogP contribution >= 0.6 is 15.9 Å². The Bertz CT molecular complexity index is 128. The van der Waals surface area contributed by atoms with Crippen molar-refractivity contribution in [1.82, 2.24) is 5.32 Å². The molecule has 0 saturated carbocycles. The second-order valence-corrected chi connectivity index (χ2v) is 4.03. The Morgan fingerprint density at radius 1 is 1.08 bits per heavy atom. The van der Waals surface area contributed by atoms with E-state index >= 15 is 0 Å². The summed E-state index contributed by atoms with van der Waals surface area (Å²) in [4.78, 5) is 10.8. The smallest absolute Gasteiger partial charge is 0.219 e. The van der Waals surface area contributed by atoms with Crippen molar-refractivity contribution >= 4 is 21.8 Å². The monoisotopic (exact) mass is 249 g/mol. The van der Waals surface area contributed by atoms with E-state index in [-0.39, 0.29) is 5.91 Å². The molecular weight excluding hydrogens is 230 g/mol. The first kappa shape index (κ1) is 12.9. The lowest BCUT2D eigenvalue weighted by Gasteiger charge is -2.00. The highest BCUT2D eigenvalue weighted by atomic mass is 79.9. The Labute approximate surface area is 89.6 Å². The Morgan fingerprint density at radius 3 is 2.15 bits per heavy atom. The molecule has 0 rings (SSSR count). The van der Waals surface area contributed by atoms with Gasteiger partial charge in [-0.2, -0.15) is 0 Å². The van der Waals surface area contributed by atoms with Crippen LogP contribution in [-0.2, 0) is 4.79 Å². The Kier molecular flexibility index (Phi) is 10.00. The second-order valence-electron chi connectivity index (χ2n) is 3.23. The van der Waals surface area contributed by atoms with Crippen LogP contribution in [0.15, 0.2) is 0 Å². The van der Waals surface area contributed by atoms with Crippen LogP contribution in [0.4, 0.5) is 0 Å². The van der Waals surface area contributed by atoms with E-state index in [2.05, 4.69) is 21.2 Å². The zero-order valence-corrected chi connectivity index (χ0v) is 10.0. The van der Waals surface area contributed by atoms with E-state index in [1.165, 1.54) is 32.1 Å². The van der Waals surface area contributed by atoms with Crippen molar-refractivity contribution in [2.24, 2.45) is 0 Å². The van der Waals surface area contributed by atoms with Gasteiger partial charge >= 0.3 is 0 Å². The highest BCUT2D eigenvalue weighted by Crippen LogP contribution is 2.07. The number of hydrogen-bond donors (Lipinski definition) is 1. The van der Waals surface area contributed by atoms with Crippen molar-refractivity contribution in [1.29, 1.82) is 0 Å². The number of nitrogens with one attached hydrogen (secondary N) is 1. The Balaban J connectivity index is 2.95. The summed E-state index contributed by atoms with van der Waals surface area (Å²) in [6.07, 6.45) is 8.07. The molecule has 3 heteroatoms. The molecule has 0 fully saturated rings. The van der Waals surface area contributed by atoms with Gasteiger partial charge in [-0.25, -0.2) is 0 Å². The van der Waals surface area contributed by atoms with Gasteiger partial charge in [0.15, 0.2) is 0 Å². The average molecular weight is 250 g/mol. The molecular formula is C10H20BrNO. The number of halogens is 1. The van der Waals surface area contributed by atoms with E-state index in [4.69, 9.17) is 0 Å². The molecule has 0 aromatic rings. The Morgan fingerprint density at radius 2 is 1.62 bits per heavy atom. The predicted octanol–water partition coefficient (Wildman–Crippen LogP) is 2.86. The maximum Gasteiger partial charge on any atom is 0.219 e. The van der Waals surface area contributed by atoms with Crippen molar-refractivity contribution in [3.05, 3.63) is 0 Å². The lowest BCUT2D eigenvalue weighted by atomic mass is 10.1. The summed E-state index contributed by atoms with van der Waals surface area (Å²) in [7, 11) is 1.69. The van der Waals surface area contributed by atoms with E-state index in [0.29, 0.717) is 6.42 Å². The largest absolute Gasteiger partial charge is 0.359 e. The third-order valence-electron chi connectivity index (χ3n) is 2.07. The van der Waals surface area contributed by atoms with Crippen molar-refractivity contribution in [3.63, 3.8) is 0 Å². The van der Waals surface area contributed by atoms with Gasteiger partial charge in [0.2, 0.25) is 5.91 Å². The van der Waals surface area contributed by atoms with Gasteiger partial charge in [-0.15, -0.1) is 0 Å². The minimum atomic E-state index is 0.167. The molecule has 0 aliphatic carbocycles. The van der Waals surface area contributed by atoms with Crippen molar-refractivity contribution in [3.8, 4) is 0 Å². The van der Waals surface area contributed by atoms with Crippen LogP contribution < -0.4 is 5.32 Å². The molecule has 0 aliphatic heterocycles. The van der Waals surface area contributed by atoms with Crippen LogP contribution in [0.2, 0.25) is 0 Å². The average Bonchev–Trinajstić information content (AvgIpc) is 2.16. The Hall–Kier alpha value is -0.0500. The second kappa shape index (κ2) is 10.0. The van der Waals surface area contributed by atoms with Crippen LogP contribution in [0, 0.1) is 0 Å². The van der Waals surface area contributed by atoms with Crippen LogP contribution in [0.1, 0.15) is 44.9 Å². The molecule has 0 bridgehead atoms. The van der Waals surface area contributed by atoms with Gasteiger partial charge in [0.1, 0.15) is 0 Å². The molecule has 0 aromatic carbocycles. The molecule has 0 spiro atoms. The molecule has 0 saturated heterocycles. The fraction of sp³-hybridized carbons (Fsp3) is 0.900. The lowest BCUT2D eigenvalue weighted by molar-refractivity contribution is -0.120. The number of amides is 1. The van der Waals surface area contributed by atoms with Gasteiger partial charge < -0.3 is 5.32 Å². The van der Waals surface area contributed by atoms with Crippen LogP contribution in [-0.4, -0.2) is 18.3 Å². The zero-order valence-electron chi connectivity index (χ0n) is 8.44. The van der Waals surface area contributed by atoms with Crippen LogP contribution in [0.3, 0.4) is 0 Å². The van der Waals surface area contributed by atoms with Crippen molar-refractivity contribution < 1.29 is 4.79 Å². The summed E-state index contributed by atoms with van der Waals surface area (Å²) < 4.78 is 0. The van der Waals surface area contributed by atoms with E-state index < -0.39 is 0 Å². The fourth-order valence-electron chi connectivity index (χ4n) is 1.21. The number of unbranched alkanes of at least 4 members (excludes halogenated alkanes) is 5. The standard InChI is InChI=1S/C10H20BrNO/c1-12-10(13)8-6-4-2-3-5-7-9-11/h2-9H2,1H3,(H,12,13). The minimum absolute atomic E-state index is 0.167.